The topological polar surface area (TPSA) is 29.3 Å². The van der Waals surface area contributed by atoms with Crippen molar-refractivity contribution < 1.29 is 0 Å². The summed E-state index contributed by atoms with van der Waals surface area (Å²) in [5.74, 6) is 1.42. The van der Waals surface area contributed by atoms with Crippen LogP contribution in [0.1, 0.15) is 56.9 Å². The van der Waals surface area contributed by atoms with Gasteiger partial charge in [-0.2, -0.15) is 0 Å². The summed E-state index contributed by atoms with van der Waals surface area (Å²) in [7, 11) is 0. The number of hydrogen-bond acceptors (Lipinski definition) is 2. The Morgan fingerprint density at radius 1 is 1.05 bits per heavy atom. The summed E-state index contributed by atoms with van der Waals surface area (Å²) in [5.41, 5.74) is 7.72. The lowest BCUT2D eigenvalue weighted by molar-refractivity contribution is 0.0783. The first-order valence-electron chi connectivity index (χ1n) is 8.80. The molecule has 1 saturated carbocycles. The lowest BCUT2D eigenvalue weighted by Crippen LogP contribution is -2.49. The molecule has 2 N–H and O–H groups in total. The normalized spacial score (nSPS) is 32.8. The molecule has 1 aliphatic carbocycles. The average molecular weight is 286 g/mol. The van der Waals surface area contributed by atoms with Crippen molar-refractivity contribution in [2.75, 3.05) is 13.1 Å². The van der Waals surface area contributed by atoms with E-state index in [0.29, 0.717) is 12.0 Å². The quantitative estimate of drug-likeness (QED) is 0.916. The van der Waals surface area contributed by atoms with E-state index in [1.54, 1.807) is 5.56 Å². The molecule has 1 saturated heterocycles. The minimum atomic E-state index is 0.339. The van der Waals surface area contributed by atoms with E-state index in [1.165, 1.54) is 51.6 Å². The standard InChI is InChI=1S/C19H30N2/c1-15(20)17-10-7-13-21(14-17)19-12-6-5-11-18(19)16-8-3-2-4-9-16/h2-4,8-9,15,17-19H,5-7,10-14,20H2,1H3. The van der Waals surface area contributed by atoms with Crippen LogP contribution in [0.4, 0.5) is 0 Å². The van der Waals surface area contributed by atoms with Gasteiger partial charge in [-0.25, -0.2) is 0 Å². The highest BCUT2D eigenvalue weighted by atomic mass is 15.2. The minimum Gasteiger partial charge on any atom is -0.328 e. The molecule has 2 aliphatic rings. The van der Waals surface area contributed by atoms with Crippen molar-refractivity contribution in [1.29, 1.82) is 0 Å². The summed E-state index contributed by atoms with van der Waals surface area (Å²) < 4.78 is 0. The predicted octanol–water partition coefficient (Wildman–Crippen LogP) is 3.77. The first-order valence-corrected chi connectivity index (χ1v) is 8.80. The van der Waals surface area contributed by atoms with Crippen LogP contribution < -0.4 is 5.73 Å². The van der Waals surface area contributed by atoms with Gasteiger partial charge in [0, 0.05) is 18.6 Å². The van der Waals surface area contributed by atoms with Crippen LogP contribution in [0.5, 0.6) is 0 Å². The fourth-order valence-electron chi connectivity index (χ4n) is 4.41. The summed E-state index contributed by atoms with van der Waals surface area (Å²) >= 11 is 0. The van der Waals surface area contributed by atoms with Crippen LogP contribution in [0.2, 0.25) is 0 Å². The number of nitrogens with zero attached hydrogens (tertiary/aromatic N) is 1. The zero-order chi connectivity index (χ0) is 14.7. The van der Waals surface area contributed by atoms with Crippen molar-refractivity contribution in [2.24, 2.45) is 11.7 Å². The fourth-order valence-corrected chi connectivity index (χ4v) is 4.41. The molecule has 0 aromatic heterocycles. The molecule has 2 fully saturated rings. The predicted molar refractivity (Wildman–Crippen MR) is 89.4 cm³/mol. The smallest absolute Gasteiger partial charge is 0.0164 e. The lowest BCUT2D eigenvalue weighted by atomic mass is 9.78. The molecular formula is C19H30N2. The summed E-state index contributed by atoms with van der Waals surface area (Å²) in [5, 5.41) is 0. The van der Waals surface area contributed by atoms with E-state index >= 15 is 0 Å². The summed E-state index contributed by atoms with van der Waals surface area (Å²) in [6.45, 7) is 4.67. The molecule has 116 valence electrons. The van der Waals surface area contributed by atoms with Gasteiger partial charge in [0.15, 0.2) is 0 Å². The van der Waals surface area contributed by atoms with Crippen molar-refractivity contribution in [3.8, 4) is 0 Å². The SMILES string of the molecule is CC(N)C1CCCN(C2CCCCC2c2ccccc2)C1. The van der Waals surface area contributed by atoms with Crippen LogP contribution in [-0.4, -0.2) is 30.1 Å². The molecule has 1 aromatic rings. The fraction of sp³-hybridized carbons (Fsp3) is 0.684. The van der Waals surface area contributed by atoms with Gasteiger partial charge in [-0.15, -0.1) is 0 Å². The Labute approximate surface area is 129 Å². The van der Waals surface area contributed by atoms with Crippen LogP contribution in [0.15, 0.2) is 30.3 Å². The van der Waals surface area contributed by atoms with Crippen molar-refractivity contribution in [1.82, 2.24) is 4.90 Å². The van der Waals surface area contributed by atoms with E-state index in [4.69, 9.17) is 5.73 Å². The van der Waals surface area contributed by atoms with E-state index in [0.717, 1.165) is 12.0 Å². The molecule has 21 heavy (non-hydrogen) atoms. The molecule has 2 nitrogen and oxygen atoms in total. The Hall–Kier alpha value is -0.860. The molecule has 1 aromatic carbocycles. The van der Waals surface area contributed by atoms with E-state index in [1.807, 2.05) is 0 Å². The van der Waals surface area contributed by atoms with Crippen LogP contribution in [0, 0.1) is 5.92 Å². The monoisotopic (exact) mass is 286 g/mol. The van der Waals surface area contributed by atoms with Crippen molar-refractivity contribution in [3.63, 3.8) is 0 Å². The van der Waals surface area contributed by atoms with Gasteiger partial charge in [0.2, 0.25) is 0 Å². The molecular weight excluding hydrogens is 256 g/mol. The number of rotatable bonds is 3. The molecule has 0 bridgehead atoms. The Bertz CT molecular complexity index is 428. The van der Waals surface area contributed by atoms with Crippen molar-refractivity contribution in [3.05, 3.63) is 35.9 Å². The zero-order valence-electron chi connectivity index (χ0n) is 13.4. The van der Waals surface area contributed by atoms with Gasteiger partial charge in [-0.3, -0.25) is 4.90 Å². The number of piperidine rings is 1. The molecule has 2 heteroatoms. The highest BCUT2D eigenvalue weighted by Crippen LogP contribution is 2.37. The number of likely N-dealkylation sites (tertiary alicyclic amines) is 1. The van der Waals surface area contributed by atoms with E-state index in [-0.39, 0.29) is 0 Å². The first-order chi connectivity index (χ1) is 10.3. The van der Waals surface area contributed by atoms with Gasteiger partial charge in [0.05, 0.1) is 0 Å². The van der Waals surface area contributed by atoms with Crippen LogP contribution in [0.3, 0.4) is 0 Å². The highest BCUT2D eigenvalue weighted by Gasteiger charge is 2.34. The van der Waals surface area contributed by atoms with Gasteiger partial charge >= 0.3 is 0 Å². The Morgan fingerprint density at radius 2 is 1.81 bits per heavy atom. The number of nitrogens with two attached hydrogens (primary N) is 1. The van der Waals surface area contributed by atoms with E-state index in [2.05, 4.69) is 42.2 Å². The summed E-state index contributed by atoms with van der Waals surface area (Å²) in [6.07, 6.45) is 8.15. The molecule has 4 unspecified atom stereocenters. The van der Waals surface area contributed by atoms with Crippen LogP contribution >= 0.6 is 0 Å². The Kier molecular flexibility index (Phi) is 4.97. The third kappa shape index (κ3) is 3.49. The van der Waals surface area contributed by atoms with E-state index in [9.17, 15) is 0 Å². The second-order valence-electron chi connectivity index (χ2n) is 7.13. The minimum absolute atomic E-state index is 0.339. The van der Waals surface area contributed by atoms with Gasteiger partial charge in [0.1, 0.15) is 0 Å². The Morgan fingerprint density at radius 3 is 2.57 bits per heavy atom. The largest absolute Gasteiger partial charge is 0.328 e. The molecule has 1 aliphatic heterocycles. The van der Waals surface area contributed by atoms with Crippen LogP contribution in [0.25, 0.3) is 0 Å². The maximum absolute atomic E-state index is 6.18. The van der Waals surface area contributed by atoms with Crippen LogP contribution in [-0.2, 0) is 0 Å². The third-order valence-electron chi connectivity index (χ3n) is 5.66. The molecule has 0 amide bonds. The zero-order valence-corrected chi connectivity index (χ0v) is 13.4. The number of benzene rings is 1. The molecule has 4 atom stereocenters. The Balaban J connectivity index is 1.75. The lowest BCUT2D eigenvalue weighted by Gasteiger charge is -2.45. The molecule has 0 spiro atoms. The average Bonchev–Trinajstić information content (AvgIpc) is 2.56. The molecule has 3 rings (SSSR count). The van der Waals surface area contributed by atoms with Gasteiger partial charge < -0.3 is 5.73 Å². The maximum atomic E-state index is 6.18. The highest BCUT2D eigenvalue weighted by molar-refractivity contribution is 5.22. The van der Waals surface area contributed by atoms with Gasteiger partial charge in [-0.1, -0.05) is 43.2 Å². The summed E-state index contributed by atoms with van der Waals surface area (Å²) in [4.78, 5) is 2.77. The first kappa shape index (κ1) is 15.1. The van der Waals surface area contributed by atoms with Gasteiger partial charge in [0.25, 0.3) is 0 Å². The van der Waals surface area contributed by atoms with E-state index < -0.39 is 0 Å². The second kappa shape index (κ2) is 6.93. The van der Waals surface area contributed by atoms with Gasteiger partial charge in [-0.05, 0) is 56.6 Å². The second-order valence-corrected chi connectivity index (χ2v) is 7.13. The molecule has 0 radical (unpaired) electrons. The van der Waals surface area contributed by atoms with Crippen molar-refractivity contribution in [2.45, 2.75) is 63.5 Å². The summed E-state index contributed by atoms with van der Waals surface area (Å²) in [6, 6.07) is 12.3. The maximum Gasteiger partial charge on any atom is 0.0164 e. The number of hydrogen-bond donors (Lipinski definition) is 1. The van der Waals surface area contributed by atoms with Crippen molar-refractivity contribution >= 4 is 0 Å². The molecule has 1 heterocycles. The third-order valence-corrected chi connectivity index (χ3v) is 5.66.